The van der Waals surface area contributed by atoms with Crippen LogP contribution in [-0.2, 0) is 12.4 Å². The third-order valence-corrected chi connectivity index (χ3v) is 2.63. The fourth-order valence-electron chi connectivity index (χ4n) is 1.87. The number of nitrogens with zero attached hydrogens (tertiary/aromatic N) is 1. The Labute approximate surface area is 112 Å². The Morgan fingerprint density at radius 2 is 1.58 bits per heavy atom. The second-order valence-electron chi connectivity index (χ2n) is 4.02. The van der Waals surface area contributed by atoms with Crippen LogP contribution in [0, 0.1) is 0 Å². The zero-order valence-electron chi connectivity index (χ0n) is 9.52. The van der Waals surface area contributed by atoms with Crippen LogP contribution < -0.4 is 4.24 Å². The van der Waals surface area contributed by atoms with Gasteiger partial charge in [-0.1, -0.05) is 0 Å². The summed E-state index contributed by atoms with van der Waals surface area (Å²) >= 11 is 1.20. The van der Waals surface area contributed by atoms with Gasteiger partial charge in [-0.05, 0) is 0 Å². The van der Waals surface area contributed by atoms with Crippen LogP contribution in [0.3, 0.4) is 0 Å². The van der Waals surface area contributed by atoms with Gasteiger partial charge in [0.15, 0.2) is 0 Å². The number of hydrogen-bond donors (Lipinski definition) is 0. The molecule has 19 heavy (non-hydrogen) atoms. The van der Waals surface area contributed by atoms with Crippen molar-refractivity contribution in [2.24, 2.45) is 0 Å². The number of pyridine rings is 1. The molecule has 1 heterocycles. The second kappa shape index (κ2) is 4.42. The van der Waals surface area contributed by atoms with Gasteiger partial charge in [-0.15, -0.1) is 0 Å². The molecule has 0 spiro atoms. The van der Waals surface area contributed by atoms with Gasteiger partial charge in [0, 0.05) is 0 Å². The Hall–Kier alpha value is -1.19. The van der Waals surface area contributed by atoms with E-state index in [1.54, 1.807) is 0 Å². The van der Waals surface area contributed by atoms with Crippen LogP contribution in [0.1, 0.15) is 11.3 Å². The number of hydrogen-bond acceptors (Lipinski definition) is 1. The van der Waals surface area contributed by atoms with Gasteiger partial charge in [-0.2, -0.15) is 0 Å². The summed E-state index contributed by atoms with van der Waals surface area (Å²) in [4.78, 5) is 3.26. The van der Waals surface area contributed by atoms with E-state index in [-0.39, 0.29) is 15.1 Å². The van der Waals surface area contributed by atoms with Crippen molar-refractivity contribution >= 4 is 32.9 Å². The van der Waals surface area contributed by atoms with Crippen LogP contribution in [0.2, 0.25) is 0 Å². The molecule has 0 aliphatic heterocycles. The Kier molecular flexibility index (Phi) is 3.31. The zero-order chi connectivity index (χ0) is 14.4. The van der Waals surface area contributed by atoms with E-state index >= 15 is 0 Å². The SMILES string of the molecule is [Li][c]1cc(C(F)(F)F)nc2cccc(C(F)(F)F)c12. The average Bonchev–Trinajstić information content (AvgIpc) is 2.25. The van der Waals surface area contributed by atoms with E-state index in [0.29, 0.717) is 6.07 Å². The minimum atomic E-state index is -4.69. The van der Waals surface area contributed by atoms with Gasteiger partial charge in [0.1, 0.15) is 0 Å². The Bertz CT molecular complexity index is 631. The van der Waals surface area contributed by atoms with E-state index in [9.17, 15) is 26.3 Å². The average molecular weight is 271 g/mol. The molecule has 0 fully saturated rings. The molecule has 1 aromatic heterocycles. The number of halogens is 6. The molecule has 8 heteroatoms. The third kappa shape index (κ3) is 2.72. The van der Waals surface area contributed by atoms with E-state index < -0.39 is 23.6 Å². The molecular weight excluding hydrogens is 267 g/mol. The second-order valence-corrected chi connectivity index (χ2v) is 4.02. The van der Waals surface area contributed by atoms with Crippen LogP contribution in [0.25, 0.3) is 10.9 Å². The first kappa shape index (κ1) is 14.2. The summed E-state index contributed by atoms with van der Waals surface area (Å²) in [5, 5.41) is -0.303. The van der Waals surface area contributed by atoms with Crippen molar-refractivity contribution < 1.29 is 26.3 Å². The van der Waals surface area contributed by atoms with Crippen molar-refractivity contribution in [3.63, 3.8) is 0 Å². The molecule has 0 aliphatic rings. The normalized spacial score (nSPS) is 13.1. The number of alkyl halides is 6. The molecule has 96 valence electrons. The number of rotatable bonds is 0. The standard InChI is InChI=1S/C11H4F6N.Li/c12-10(13,14)7-2-1-3-8-6(7)4-5-9(18-8)11(15,16)17;/h1-3,5H;. The van der Waals surface area contributed by atoms with Gasteiger partial charge in [-0.3, -0.25) is 0 Å². The van der Waals surface area contributed by atoms with Gasteiger partial charge < -0.3 is 0 Å². The Morgan fingerprint density at radius 3 is 2.11 bits per heavy atom. The van der Waals surface area contributed by atoms with Crippen molar-refractivity contribution in [1.29, 1.82) is 0 Å². The van der Waals surface area contributed by atoms with Crippen molar-refractivity contribution in [3.8, 4) is 0 Å². The quantitative estimate of drug-likeness (QED) is 0.530. The predicted molar refractivity (Wildman–Crippen MR) is 57.1 cm³/mol. The van der Waals surface area contributed by atoms with Crippen LogP contribution in [0.15, 0.2) is 24.3 Å². The molecule has 1 aromatic carbocycles. The summed E-state index contributed by atoms with van der Waals surface area (Å²) in [6.07, 6.45) is -9.32. The van der Waals surface area contributed by atoms with Gasteiger partial charge in [0.2, 0.25) is 0 Å². The van der Waals surface area contributed by atoms with Crippen LogP contribution in [0.4, 0.5) is 26.3 Å². The number of fused-ring (bicyclic) bond motifs is 1. The molecule has 1 nitrogen and oxygen atoms in total. The first-order valence-electron chi connectivity index (χ1n) is 5.15. The molecule has 0 bridgehead atoms. The predicted octanol–water partition coefficient (Wildman–Crippen LogP) is 3.07. The number of benzene rings is 1. The van der Waals surface area contributed by atoms with Crippen molar-refractivity contribution in [1.82, 2.24) is 4.98 Å². The maximum absolute atomic E-state index is 12.8. The fourth-order valence-corrected chi connectivity index (χ4v) is 1.87. The molecule has 0 saturated carbocycles. The summed E-state index contributed by atoms with van der Waals surface area (Å²) in [6.45, 7) is 0. The van der Waals surface area contributed by atoms with Crippen molar-refractivity contribution in [3.05, 3.63) is 35.5 Å². The van der Waals surface area contributed by atoms with E-state index in [0.717, 1.165) is 18.2 Å². The summed E-state index contributed by atoms with van der Waals surface area (Å²) in [5.74, 6) is 0. The summed E-state index contributed by atoms with van der Waals surface area (Å²) < 4.78 is 75.9. The monoisotopic (exact) mass is 271 g/mol. The summed E-state index contributed by atoms with van der Waals surface area (Å²) in [6, 6.07) is 3.62. The van der Waals surface area contributed by atoms with Crippen molar-refractivity contribution in [2.75, 3.05) is 0 Å². The van der Waals surface area contributed by atoms with E-state index in [1.165, 1.54) is 17.7 Å². The molecular formula is C11H4F6LiN. The summed E-state index contributed by atoms with van der Waals surface area (Å²) in [7, 11) is 0. The van der Waals surface area contributed by atoms with Crippen LogP contribution in [0.5, 0.6) is 0 Å². The molecule has 0 aliphatic carbocycles. The number of aromatic nitrogens is 1. The van der Waals surface area contributed by atoms with Gasteiger partial charge in [-0.25, -0.2) is 0 Å². The topological polar surface area (TPSA) is 12.9 Å². The molecule has 2 rings (SSSR count). The van der Waals surface area contributed by atoms with E-state index in [2.05, 4.69) is 4.98 Å². The van der Waals surface area contributed by atoms with E-state index in [4.69, 9.17) is 0 Å². The molecule has 0 radical (unpaired) electrons. The van der Waals surface area contributed by atoms with Crippen LogP contribution >= 0.6 is 0 Å². The van der Waals surface area contributed by atoms with Crippen LogP contribution in [-0.4, -0.2) is 22.7 Å². The minimum absolute atomic E-state index is 0.106. The van der Waals surface area contributed by atoms with Gasteiger partial charge >= 0.3 is 112 Å². The van der Waals surface area contributed by atoms with Crippen molar-refractivity contribution in [2.45, 2.75) is 12.4 Å². The first-order valence-corrected chi connectivity index (χ1v) is 5.15. The molecule has 0 amide bonds. The molecule has 0 N–H and O–H groups in total. The fraction of sp³-hybridized carbons (Fsp3) is 0.182. The maximum atomic E-state index is 12.8. The zero-order valence-corrected chi connectivity index (χ0v) is 9.52. The van der Waals surface area contributed by atoms with Gasteiger partial charge in [0.25, 0.3) is 0 Å². The molecule has 0 saturated heterocycles. The molecule has 0 atom stereocenters. The Balaban J connectivity index is 2.81. The van der Waals surface area contributed by atoms with E-state index in [1.807, 2.05) is 0 Å². The third-order valence-electron chi connectivity index (χ3n) is 2.63. The van der Waals surface area contributed by atoms with Gasteiger partial charge in [0.05, 0.1) is 0 Å². The first-order chi connectivity index (χ1) is 8.60. The Morgan fingerprint density at radius 1 is 0.947 bits per heavy atom. The molecule has 2 aromatic rings. The molecule has 0 unspecified atom stereocenters. The summed E-state index contributed by atoms with van der Waals surface area (Å²) in [5.41, 5.74) is -2.50.